The fourth-order valence-corrected chi connectivity index (χ4v) is 2.04. The standard InChI is InChI=1S/C13H13BrN2O/c1-9-6-7-10(2)16(9)15-13(17)11-4-3-5-12(14)8-11/h3-8H,1-2H3,(H,15,17). The van der Waals surface area contributed by atoms with Crippen LogP contribution < -0.4 is 5.43 Å². The van der Waals surface area contributed by atoms with Crippen LogP contribution in [0.25, 0.3) is 0 Å². The molecular formula is C13H13BrN2O. The van der Waals surface area contributed by atoms with Crippen molar-refractivity contribution >= 4 is 21.8 Å². The van der Waals surface area contributed by atoms with Gasteiger partial charge >= 0.3 is 0 Å². The Bertz CT molecular complexity index is 541. The van der Waals surface area contributed by atoms with Crippen molar-refractivity contribution in [2.24, 2.45) is 0 Å². The second kappa shape index (κ2) is 4.75. The van der Waals surface area contributed by atoms with E-state index in [1.165, 1.54) is 0 Å². The van der Waals surface area contributed by atoms with Crippen molar-refractivity contribution < 1.29 is 4.79 Å². The number of rotatable bonds is 2. The molecular weight excluding hydrogens is 280 g/mol. The highest BCUT2D eigenvalue weighted by Gasteiger charge is 2.08. The number of benzene rings is 1. The van der Waals surface area contributed by atoms with E-state index in [2.05, 4.69) is 21.4 Å². The van der Waals surface area contributed by atoms with Gasteiger partial charge in [0, 0.05) is 21.4 Å². The number of hydrogen-bond donors (Lipinski definition) is 1. The van der Waals surface area contributed by atoms with Crippen LogP contribution in [0.4, 0.5) is 0 Å². The molecule has 1 N–H and O–H groups in total. The number of halogens is 1. The summed E-state index contributed by atoms with van der Waals surface area (Å²) in [7, 11) is 0. The molecule has 1 aromatic heterocycles. The molecule has 0 saturated heterocycles. The van der Waals surface area contributed by atoms with Crippen molar-refractivity contribution in [2.45, 2.75) is 13.8 Å². The number of aryl methyl sites for hydroxylation is 2. The largest absolute Gasteiger partial charge is 0.270 e. The van der Waals surface area contributed by atoms with Crippen molar-refractivity contribution in [1.82, 2.24) is 4.68 Å². The van der Waals surface area contributed by atoms with E-state index in [9.17, 15) is 4.79 Å². The van der Waals surface area contributed by atoms with E-state index < -0.39 is 0 Å². The second-order valence-corrected chi connectivity index (χ2v) is 4.82. The van der Waals surface area contributed by atoms with Crippen LogP contribution in [0.15, 0.2) is 40.9 Å². The minimum absolute atomic E-state index is 0.117. The average Bonchev–Trinajstić information content (AvgIpc) is 2.61. The number of hydrogen-bond acceptors (Lipinski definition) is 1. The van der Waals surface area contributed by atoms with E-state index in [4.69, 9.17) is 0 Å². The Balaban J connectivity index is 2.23. The van der Waals surface area contributed by atoms with Crippen LogP contribution >= 0.6 is 15.9 Å². The molecule has 4 heteroatoms. The number of carbonyl (C=O) groups excluding carboxylic acids is 1. The average molecular weight is 293 g/mol. The molecule has 0 radical (unpaired) electrons. The number of carbonyl (C=O) groups is 1. The normalized spacial score (nSPS) is 10.3. The van der Waals surface area contributed by atoms with E-state index in [0.29, 0.717) is 5.56 Å². The molecule has 1 amide bonds. The van der Waals surface area contributed by atoms with Crippen LogP contribution in [0.3, 0.4) is 0 Å². The van der Waals surface area contributed by atoms with Gasteiger partial charge in [-0.25, -0.2) is 0 Å². The molecule has 2 rings (SSSR count). The molecule has 0 fully saturated rings. The van der Waals surface area contributed by atoms with Gasteiger partial charge in [0.25, 0.3) is 5.91 Å². The molecule has 0 aliphatic carbocycles. The summed E-state index contributed by atoms with van der Waals surface area (Å²) in [5.41, 5.74) is 5.50. The molecule has 0 saturated carbocycles. The van der Waals surface area contributed by atoms with Gasteiger partial charge in [-0.05, 0) is 44.2 Å². The minimum atomic E-state index is -0.117. The lowest BCUT2D eigenvalue weighted by Gasteiger charge is -2.11. The Morgan fingerprint density at radius 2 is 1.82 bits per heavy atom. The highest BCUT2D eigenvalue weighted by molar-refractivity contribution is 9.10. The van der Waals surface area contributed by atoms with Crippen LogP contribution in [-0.4, -0.2) is 10.6 Å². The van der Waals surface area contributed by atoms with Gasteiger partial charge in [-0.1, -0.05) is 22.0 Å². The maximum atomic E-state index is 12.0. The lowest BCUT2D eigenvalue weighted by molar-refractivity contribution is 0.101. The Kier molecular flexibility index (Phi) is 3.33. The first-order valence-corrected chi connectivity index (χ1v) is 6.09. The summed E-state index contributed by atoms with van der Waals surface area (Å²) in [5.74, 6) is -0.117. The van der Waals surface area contributed by atoms with Crippen LogP contribution in [0, 0.1) is 13.8 Å². The van der Waals surface area contributed by atoms with Crippen molar-refractivity contribution in [3.63, 3.8) is 0 Å². The molecule has 0 atom stereocenters. The molecule has 2 aromatic rings. The fraction of sp³-hybridized carbons (Fsp3) is 0.154. The van der Waals surface area contributed by atoms with E-state index in [-0.39, 0.29) is 5.91 Å². The summed E-state index contributed by atoms with van der Waals surface area (Å²) in [4.78, 5) is 12.0. The van der Waals surface area contributed by atoms with Gasteiger partial charge in [0.15, 0.2) is 0 Å². The second-order valence-electron chi connectivity index (χ2n) is 3.90. The topological polar surface area (TPSA) is 34.0 Å². The summed E-state index contributed by atoms with van der Waals surface area (Å²) in [6, 6.07) is 11.3. The third-order valence-electron chi connectivity index (χ3n) is 2.57. The molecule has 0 bridgehead atoms. The van der Waals surface area contributed by atoms with Crippen molar-refractivity contribution in [3.8, 4) is 0 Å². The third-order valence-corrected chi connectivity index (χ3v) is 3.06. The number of nitrogens with one attached hydrogen (secondary N) is 1. The molecule has 3 nitrogen and oxygen atoms in total. The molecule has 1 aromatic carbocycles. The van der Waals surface area contributed by atoms with Gasteiger partial charge in [0.1, 0.15) is 0 Å². The summed E-state index contributed by atoms with van der Waals surface area (Å²) in [6.07, 6.45) is 0. The first-order chi connectivity index (χ1) is 8.08. The lowest BCUT2D eigenvalue weighted by atomic mass is 10.2. The number of aromatic nitrogens is 1. The van der Waals surface area contributed by atoms with E-state index in [1.807, 2.05) is 38.1 Å². The Hall–Kier alpha value is -1.55. The smallest absolute Gasteiger partial charge is 0.267 e. The van der Waals surface area contributed by atoms with E-state index >= 15 is 0 Å². The molecule has 17 heavy (non-hydrogen) atoms. The predicted molar refractivity (Wildman–Crippen MR) is 71.7 cm³/mol. The zero-order chi connectivity index (χ0) is 12.4. The monoisotopic (exact) mass is 292 g/mol. The fourth-order valence-electron chi connectivity index (χ4n) is 1.64. The van der Waals surface area contributed by atoms with Gasteiger partial charge in [-0.3, -0.25) is 14.9 Å². The van der Waals surface area contributed by atoms with Gasteiger partial charge in [0.05, 0.1) is 0 Å². The first-order valence-electron chi connectivity index (χ1n) is 5.30. The zero-order valence-corrected chi connectivity index (χ0v) is 11.3. The van der Waals surface area contributed by atoms with Crippen LogP contribution in [0.2, 0.25) is 0 Å². The van der Waals surface area contributed by atoms with E-state index in [0.717, 1.165) is 15.9 Å². The van der Waals surface area contributed by atoms with Gasteiger partial charge in [0.2, 0.25) is 0 Å². The molecule has 1 heterocycles. The molecule has 0 aliphatic heterocycles. The number of nitrogens with zero attached hydrogens (tertiary/aromatic N) is 1. The summed E-state index contributed by atoms with van der Waals surface area (Å²) < 4.78 is 2.68. The van der Waals surface area contributed by atoms with Crippen LogP contribution in [0.5, 0.6) is 0 Å². The van der Waals surface area contributed by atoms with Crippen molar-refractivity contribution in [1.29, 1.82) is 0 Å². The molecule has 0 unspecified atom stereocenters. The zero-order valence-electron chi connectivity index (χ0n) is 9.70. The summed E-state index contributed by atoms with van der Waals surface area (Å²) >= 11 is 3.35. The molecule has 0 aliphatic rings. The van der Waals surface area contributed by atoms with Crippen molar-refractivity contribution in [2.75, 3.05) is 5.43 Å². The van der Waals surface area contributed by atoms with Crippen LogP contribution in [0.1, 0.15) is 21.7 Å². The quantitative estimate of drug-likeness (QED) is 0.906. The van der Waals surface area contributed by atoms with Gasteiger partial charge in [-0.2, -0.15) is 0 Å². The Labute approximate surface area is 109 Å². The Morgan fingerprint density at radius 3 is 2.41 bits per heavy atom. The highest BCUT2D eigenvalue weighted by Crippen LogP contribution is 2.12. The highest BCUT2D eigenvalue weighted by atomic mass is 79.9. The SMILES string of the molecule is Cc1ccc(C)n1NC(=O)c1cccc(Br)c1. The Morgan fingerprint density at radius 1 is 1.18 bits per heavy atom. The maximum Gasteiger partial charge on any atom is 0.270 e. The lowest BCUT2D eigenvalue weighted by Crippen LogP contribution is -2.24. The minimum Gasteiger partial charge on any atom is -0.267 e. The molecule has 88 valence electrons. The van der Waals surface area contributed by atoms with Gasteiger partial charge < -0.3 is 0 Å². The van der Waals surface area contributed by atoms with Gasteiger partial charge in [-0.15, -0.1) is 0 Å². The van der Waals surface area contributed by atoms with Crippen LogP contribution in [-0.2, 0) is 0 Å². The van der Waals surface area contributed by atoms with Crippen molar-refractivity contribution in [3.05, 3.63) is 57.8 Å². The van der Waals surface area contributed by atoms with E-state index in [1.54, 1.807) is 16.8 Å². The number of amides is 1. The maximum absolute atomic E-state index is 12.0. The third kappa shape index (κ3) is 2.58. The summed E-state index contributed by atoms with van der Waals surface area (Å²) in [5, 5.41) is 0. The first kappa shape index (κ1) is 11.9. The summed E-state index contributed by atoms with van der Waals surface area (Å²) in [6.45, 7) is 3.91. The molecule has 0 spiro atoms. The predicted octanol–water partition coefficient (Wildman–Crippen LogP) is 3.25.